The van der Waals surface area contributed by atoms with Crippen LogP contribution in [0.5, 0.6) is 0 Å². The highest BCUT2D eigenvalue weighted by Crippen LogP contribution is 2.35. The van der Waals surface area contributed by atoms with Gasteiger partial charge in [0.1, 0.15) is 22.8 Å². The van der Waals surface area contributed by atoms with Crippen molar-refractivity contribution in [3.8, 4) is 11.8 Å². The minimum Gasteiger partial charge on any atom is -0.477 e. The van der Waals surface area contributed by atoms with E-state index in [1.165, 1.54) is 0 Å². The Hall–Kier alpha value is -2.71. The number of carboxylic acids is 1. The van der Waals surface area contributed by atoms with E-state index in [-0.39, 0.29) is 5.56 Å². The standard InChI is InChI=1S/C17H18F2N2O6S/c1-16(2,3)27-15(24)20-28(25,26)21-17(6-7-17)5-4-10-8-11(18)13(14(22)23)12(19)9-10/h8-9,21H,6-7H2,1-3H3,(H,20,24)(H,22,23). The Balaban J connectivity index is 2.14. The molecule has 1 amide bonds. The number of hydrogen-bond acceptors (Lipinski definition) is 5. The quantitative estimate of drug-likeness (QED) is 0.645. The van der Waals surface area contributed by atoms with Crippen molar-refractivity contribution in [2.75, 3.05) is 0 Å². The molecule has 28 heavy (non-hydrogen) atoms. The lowest BCUT2D eigenvalue weighted by atomic mass is 10.1. The average Bonchev–Trinajstić information content (AvgIpc) is 3.20. The first-order chi connectivity index (χ1) is 12.7. The second-order valence-electron chi connectivity index (χ2n) is 7.16. The predicted molar refractivity (Wildman–Crippen MR) is 93.6 cm³/mol. The predicted octanol–water partition coefficient (Wildman–Crippen LogP) is 1.91. The summed E-state index contributed by atoms with van der Waals surface area (Å²) >= 11 is 0. The highest BCUT2D eigenvalue weighted by atomic mass is 32.2. The van der Waals surface area contributed by atoms with Gasteiger partial charge in [0.2, 0.25) is 0 Å². The molecule has 0 bridgehead atoms. The summed E-state index contributed by atoms with van der Waals surface area (Å²) in [5, 5.41) is 8.74. The van der Waals surface area contributed by atoms with Crippen LogP contribution < -0.4 is 9.44 Å². The number of benzene rings is 1. The average molecular weight is 416 g/mol. The van der Waals surface area contributed by atoms with Gasteiger partial charge in [-0.1, -0.05) is 11.8 Å². The molecule has 1 saturated carbocycles. The molecule has 8 nitrogen and oxygen atoms in total. The zero-order valence-electron chi connectivity index (χ0n) is 15.2. The molecule has 0 aliphatic heterocycles. The summed E-state index contributed by atoms with van der Waals surface area (Å²) in [5.74, 6) is 0.619. The maximum absolute atomic E-state index is 13.7. The highest BCUT2D eigenvalue weighted by Gasteiger charge is 2.45. The first-order valence-corrected chi connectivity index (χ1v) is 9.50. The molecule has 152 valence electrons. The molecular formula is C17H18F2N2O6S. The number of aromatic carboxylic acids is 1. The van der Waals surface area contributed by atoms with Crippen LogP contribution in [0.2, 0.25) is 0 Å². The Kier molecular flexibility index (Phi) is 5.68. The number of carbonyl (C=O) groups is 2. The SMILES string of the molecule is CC(C)(C)OC(=O)NS(=O)(=O)NC1(C#Cc2cc(F)c(C(=O)O)c(F)c2)CC1. The number of halogens is 2. The molecule has 0 atom stereocenters. The fraction of sp³-hybridized carbons (Fsp3) is 0.412. The van der Waals surface area contributed by atoms with Crippen LogP contribution in [-0.4, -0.2) is 36.7 Å². The van der Waals surface area contributed by atoms with E-state index in [9.17, 15) is 26.8 Å². The van der Waals surface area contributed by atoms with Crippen LogP contribution in [0, 0.1) is 23.5 Å². The third-order valence-electron chi connectivity index (χ3n) is 3.40. The van der Waals surface area contributed by atoms with Crippen LogP contribution in [0.3, 0.4) is 0 Å². The Morgan fingerprint density at radius 2 is 1.75 bits per heavy atom. The van der Waals surface area contributed by atoms with Gasteiger partial charge in [0, 0.05) is 5.56 Å². The van der Waals surface area contributed by atoms with E-state index in [0.29, 0.717) is 12.8 Å². The Morgan fingerprint density at radius 1 is 1.21 bits per heavy atom. The molecule has 1 aliphatic carbocycles. The summed E-state index contributed by atoms with van der Waals surface area (Å²) < 4.78 is 60.2. The van der Waals surface area contributed by atoms with E-state index in [1.54, 1.807) is 25.5 Å². The third-order valence-corrected chi connectivity index (χ3v) is 4.49. The first kappa shape index (κ1) is 21.6. The molecule has 0 saturated heterocycles. The maximum Gasteiger partial charge on any atom is 0.422 e. The summed E-state index contributed by atoms with van der Waals surface area (Å²) in [6, 6.07) is 1.48. The fourth-order valence-corrected chi connectivity index (χ4v) is 3.19. The molecular weight excluding hydrogens is 398 g/mol. The van der Waals surface area contributed by atoms with Gasteiger partial charge < -0.3 is 9.84 Å². The maximum atomic E-state index is 13.7. The molecule has 0 aromatic heterocycles. The fourth-order valence-electron chi connectivity index (χ4n) is 2.11. The first-order valence-electron chi connectivity index (χ1n) is 8.02. The lowest BCUT2D eigenvalue weighted by molar-refractivity contribution is 0.0568. The molecule has 3 N–H and O–H groups in total. The van der Waals surface area contributed by atoms with Gasteiger partial charge in [-0.05, 0) is 45.7 Å². The topological polar surface area (TPSA) is 122 Å². The monoisotopic (exact) mass is 416 g/mol. The molecule has 1 aromatic rings. The molecule has 0 unspecified atom stereocenters. The Labute approximate surface area is 160 Å². The highest BCUT2D eigenvalue weighted by molar-refractivity contribution is 7.88. The van der Waals surface area contributed by atoms with Gasteiger partial charge in [0.15, 0.2) is 0 Å². The van der Waals surface area contributed by atoms with Crippen molar-refractivity contribution in [2.24, 2.45) is 0 Å². The number of carboxylic acid groups (broad SMARTS) is 1. The molecule has 11 heteroatoms. The van der Waals surface area contributed by atoms with E-state index >= 15 is 0 Å². The van der Waals surface area contributed by atoms with Gasteiger partial charge in [-0.25, -0.2) is 23.1 Å². The number of carbonyl (C=O) groups excluding carboxylic acids is 1. The minimum atomic E-state index is -4.29. The largest absolute Gasteiger partial charge is 0.477 e. The minimum absolute atomic E-state index is 0.162. The smallest absolute Gasteiger partial charge is 0.422 e. The van der Waals surface area contributed by atoms with Crippen molar-refractivity contribution in [1.82, 2.24) is 9.44 Å². The van der Waals surface area contributed by atoms with E-state index in [4.69, 9.17) is 9.84 Å². The van der Waals surface area contributed by atoms with E-state index in [2.05, 4.69) is 16.6 Å². The van der Waals surface area contributed by atoms with Gasteiger partial charge in [0.05, 0.1) is 5.54 Å². The number of hydrogen-bond donors (Lipinski definition) is 3. The second-order valence-corrected chi connectivity index (χ2v) is 8.58. The van der Waals surface area contributed by atoms with Crippen molar-refractivity contribution >= 4 is 22.3 Å². The normalized spacial score (nSPS) is 15.2. The molecule has 2 rings (SSSR count). The van der Waals surface area contributed by atoms with E-state index in [1.807, 2.05) is 0 Å². The summed E-state index contributed by atoms with van der Waals surface area (Å²) in [4.78, 5) is 22.4. The lowest BCUT2D eigenvalue weighted by Crippen LogP contribution is -2.47. The summed E-state index contributed by atoms with van der Waals surface area (Å²) in [6.07, 6.45) is -0.543. The number of rotatable bonds is 4. The van der Waals surface area contributed by atoms with Crippen molar-refractivity contribution in [3.05, 3.63) is 34.9 Å². The second kappa shape index (κ2) is 7.37. The van der Waals surface area contributed by atoms with Gasteiger partial charge in [-0.15, -0.1) is 0 Å². The molecule has 1 aliphatic rings. The van der Waals surface area contributed by atoms with Crippen molar-refractivity contribution in [3.63, 3.8) is 0 Å². The van der Waals surface area contributed by atoms with Crippen LogP contribution in [0.25, 0.3) is 0 Å². The Bertz CT molecular complexity index is 962. The zero-order valence-corrected chi connectivity index (χ0v) is 16.0. The van der Waals surface area contributed by atoms with Crippen molar-refractivity contribution < 1.29 is 36.6 Å². The van der Waals surface area contributed by atoms with Crippen LogP contribution in [0.4, 0.5) is 13.6 Å². The zero-order chi connectivity index (χ0) is 21.3. The molecule has 0 spiro atoms. The number of nitrogens with one attached hydrogen (secondary N) is 2. The van der Waals surface area contributed by atoms with Gasteiger partial charge in [-0.3, -0.25) is 0 Å². The van der Waals surface area contributed by atoms with Gasteiger partial charge >= 0.3 is 22.3 Å². The third kappa shape index (κ3) is 5.90. The van der Waals surface area contributed by atoms with Crippen LogP contribution in [-0.2, 0) is 14.9 Å². The van der Waals surface area contributed by atoms with Crippen LogP contribution >= 0.6 is 0 Å². The van der Waals surface area contributed by atoms with Crippen molar-refractivity contribution in [2.45, 2.75) is 44.8 Å². The summed E-state index contributed by atoms with van der Waals surface area (Å²) in [5.41, 5.74) is -3.36. The van der Waals surface area contributed by atoms with Gasteiger partial charge in [-0.2, -0.15) is 13.1 Å². The van der Waals surface area contributed by atoms with E-state index < -0.39 is 50.6 Å². The summed E-state index contributed by atoms with van der Waals surface area (Å²) in [6.45, 7) is 4.69. The number of ether oxygens (including phenoxy) is 1. The molecule has 0 radical (unpaired) electrons. The van der Waals surface area contributed by atoms with Crippen molar-refractivity contribution in [1.29, 1.82) is 0 Å². The number of amides is 1. The lowest BCUT2D eigenvalue weighted by Gasteiger charge is -2.20. The molecule has 1 fully saturated rings. The summed E-state index contributed by atoms with van der Waals surface area (Å²) in [7, 11) is -4.29. The molecule has 1 aromatic carbocycles. The van der Waals surface area contributed by atoms with Crippen LogP contribution in [0.15, 0.2) is 12.1 Å². The molecule has 0 heterocycles. The van der Waals surface area contributed by atoms with Gasteiger partial charge in [0.25, 0.3) is 0 Å². The van der Waals surface area contributed by atoms with Crippen LogP contribution in [0.1, 0.15) is 49.5 Å². The van der Waals surface area contributed by atoms with E-state index in [0.717, 1.165) is 12.1 Å². The Morgan fingerprint density at radius 3 is 2.18 bits per heavy atom.